The van der Waals surface area contributed by atoms with E-state index >= 15 is 0 Å². The number of esters is 2. The van der Waals surface area contributed by atoms with Crippen molar-refractivity contribution in [2.45, 2.75) is 48.6 Å². The van der Waals surface area contributed by atoms with Crippen LogP contribution in [-0.2, 0) is 53.5 Å². The molecular formula is C42H52N2O12S2. The molecule has 16 heteroatoms. The first-order chi connectivity index (χ1) is 28.0. The van der Waals surface area contributed by atoms with E-state index in [-0.39, 0.29) is 23.6 Å². The Bertz CT molecular complexity index is 1850. The van der Waals surface area contributed by atoms with E-state index in [0.29, 0.717) is 71.9 Å². The molecule has 58 heavy (non-hydrogen) atoms. The van der Waals surface area contributed by atoms with E-state index in [1.54, 1.807) is 38.5 Å². The molecule has 0 amide bonds. The molecule has 14 nitrogen and oxygen atoms in total. The van der Waals surface area contributed by atoms with Gasteiger partial charge in [0.05, 0.1) is 45.6 Å². The second kappa shape index (κ2) is 23.9. The van der Waals surface area contributed by atoms with Crippen LogP contribution < -0.4 is 39.1 Å². The highest BCUT2D eigenvalue weighted by atomic mass is 32.2. The summed E-state index contributed by atoms with van der Waals surface area (Å²) >= 11 is 0. The zero-order valence-electron chi connectivity index (χ0n) is 33.6. The zero-order valence-corrected chi connectivity index (χ0v) is 35.2. The Balaban J connectivity index is 1.17. The van der Waals surface area contributed by atoms with Crippen LogP contribution in [-0.4, -0.2) is 99.1 Å². The number of rotatable bonds is 24. The Morgan fingerprint density at radius 2 is 0.931 bits per heavy atom. The number of methoxy groups -OCH3 is 2. The van der Waals surface area contributed by atoms with Gasteiger partial charge in [-0.2, -0.15) is 0 Å². The maximum Gasteiger partial charge on any atom is 0.420 e. The molecule has 4 atom stereocenters. The van der Waals surface area contributed by atoms with Gasteiger partial charge in [-0.3, -0.25) is 8.42 Å². The molecule has 0 radical (unpaired) electrons. The van der Waals surface area contributed by atoms with Crippen molar-refractivity contribution >= 4 is 33.5 Å². The van der Waals surface area contributed by atoms with E-state index in [9.17, 15) is 18.0 Å². The molecule has 0 fully saturated rings. The normalized spacial score (nSPS) is 13.0. The van der Waals surface area contributed by atoms with Crippen molar-refractivity contribution in [1.29, 1.82) is 0 Å². The van der Waals surface area contributed by atoms with E-state index in [0.717, 1.165) is 11.1 Å². The van der Waals surface area contributed by atoms with Crippen LogP contribution in [0.3, 0.4) is 0 Å². The van der Waals surface area contributed by atoms with Crippen LogP contribution in [0.1, 0.15) is 25.0 Å². The maximum absolute atomic E-state index is 12.5. The van der Waals surface area contributed by atoms with Crippen molar-refractivity contribution in [3.05, 3.63) is 96.1 Å². The second-order valence-corrected chi connectivity index (χ2v) is 15.7. The number of hydrogen-bond donors (Lipinski definition) is 2. The molecule has 4 unspecified atom stereocenters. The number of benzene rings is 4. The van der Waals surface area contributed by atoms with Gasteiger partial charge < -0.3 is 48.5 Å². The molecule has 2 N–H and O–H groups in total. The lowest BCUT2D eigenvalue weighted by Crippen LogP contribution is -2.31. The largest absolute Gasteiger partial charge is 0.493 e. The third-order valence-electron chi connectivity index (χ3n) is 8.54. The Morgan fingerprint density at radius 1 is 0.552 bits per heavy atom. The zero-order chi connectivity index (χ0) is 41.9. The minimum atomic E-state index is -1.42. The Kier molecular flexibility index (Phi) is 18.8. The van der Waals surface area contributed by atoms with Gasteiger partial charge in [0, 0.05) is 37.7 Å². The van der Waals surface area contributed by atoms with E-state index in [4.69, 9.17) is 37.9 Å². The molecule has 0 aromatic heterocycles. The highest BCUT2D eigenvalue weighted by Crippen LogP contribution is 2.28. The average Bonchev–Trinajstić information content (AvgIpc) is 3.22. The van der Waals surface area contributed by atoms with Crippen LogP contribution >= 0.6 is 0 Å². The first-order valence-corrected chi connectivity index (χ1v) is 21.6. The molecule has 0 saturated carbocycles. The van der Waals surface area contributed by atoms with Crippen LogP contribution in [0.2, 0.25) is 0 Å². The van der Waals surface area contributed by atoms with E-state index < -0.39 is 47.1 Å². The van der Waals surface area contributed by atoms with Crippen molar-refractivity contribution in [3.63, 3.8) is 0 Å². The van der Waals surface area contributed by atoms with Gasteiger partial charge in [0.2, 0.25) is 13.6 Å². The van der Waals surface area contributed by atoms with Gasteiger partial charge in [0.1, 0.15) is 24.7 Å². The number of carbonyl (C=O) groups is 2. The van der Waals surface area contributed by atoms with Gasteiger partial charge in [-0.05, 0) is 86.3 Å². The van der Waals surface area contributed by atoms with Crippen molar-refractivity contribution in [2.75, 3.05) is 66.6 Å². The lowest BCUT2D eigenvalue weighted by molar-refractivity contribution is -0.175. The van der Waals surface area contributed by atoms with Crippen LogP contribution in [0.15, 0.2) is 94.7 Å². The van der Waals surface area contributed by atoms with Gasteiger partial charge in [-0.1, -0.05) is 36.4 Å². The Labute approximate surface area is 344 Å². The third-order valence-corrected chi connectivity index (χ3v) is 10.4. The highest BCUT2D eigenvalue weighted by Gasteiger charge is 2.20. The first-order valence-electron chi connectivity index (χ1n) is 18.5. The van der Waals surface area contributed by atoms with E-state index in [1.807, 2.05) is 74.5 Å². The van der Waals surface area contributed by atoms with E-state index in [1.165, 1.54) is 12.5 Å². The molecule has 0 saturated heterocycles. The first kappa shape index (κ1) is 45.5. The van der Waals surface area contributed by atoms with Gasteiger partial charge >= 0.3 is 11.9 Å². The van der Waals surface area contributed by atoms with Crippen molar-refractivity contribution in [3.8, 4) is 34.5 Å². The number of nitrogens with one attached hydrogen (secondary N) is 2. The summed E-state index contributed by atoms with van der Waals surface area (Å²) in [6, 6.07) is 25.5. The van der Waals surface area contributed by atoms with Crippen molar-refractivity contribution < 1.29 is 55.9 Å². The molecule has 0 bridgehead atoms. The molecule has 314 valence electrons. The van der Waals surface area contributed by atoms with Crippen molar-refractivity contribution in [1.82, 2.24) is 10.6 Å². The number of para-hydroxylation sites is 4. The summed E-state index contributed by atoms with van der Waals surface area (Å²) in [5, 5.41) is 6.81. The molecule has 4 aromatic carbocycles. The van der Waals surface area contributed by atoms with Crippen molar-refractivity contribution in [2.24, 2.45) is 0 Å². The summed E-state index contributed by atoms with van der Waals surface area (Å²) in [5.41, 5.74) is 1.84. The molecule has 0 aliphatic rings. The van der Waals surface area contributed by atoms with Crippen LogP contribution in [0.4, 0.5) is 0 Å². The van der Waals surface area contributed by atoms with Gasteiger partial charge in [-0.15, -0.1) is 0 Å². The summed E-state index contributed by atoms with van der Waals surface area (Å²) in [6.07, 6.45) is 4.31. The SMILES string of the molecule is COc1ccccc1OCCNC(C)Cc1ccc(OCOC(=O)C(=O)OCOc2ccc(CC(C)NCCOc3ccccc3OC)cc2S(C)=O)c(S(C)=O)c1. The Morgan fingerprint density at radius 3 is 1.29 bits per heavy atom. The Hall–Kier alpha value is -5.16. The quantitative estimate of drug-likeness (QED) is 0.0426. The summed E-state index contributed by atoms with van der Waals surface area (Å²) in [4.78, 5) is 25.5. The highest BCUT2D eigenvalue weighted by molar-refractivity contribution is 7.84. The average molecular weight is 841 g/mol. The van der Waals surface area contributed by atoms with Gasteiger partial charge in [0.25, 0.3) is 0 Å². The number of hydrogen-bond acceptors (Lipinski definition) is 14. The van der Waals surface area contributed by atoms with Gasteiger partial charge in [0.15, 0.2) is 23.0 Å². The lowest BCUT2D eigenvalue weighted by atomic mass is 10.1. The van der Waals surface area contributed by atoms with E-state index in [2.05, 4.69) is 10.6 Å². The molecule has 4 aromatic rings. The third kappa shape index (κ3) is 14.7. The van der Waals surface area contributed by atoms with Crippen LogP contribution in [0.25, 0.3) is 0 Å². The molecular weight excluding hydrogens is 789 g/mol. The summed E-state index contributed by atoms with van der Waals surface area (Å²) in [6.45, 7) is 4.91. The predicted octanol–water partition coefficient (Wildman–Crippen LogP) is 4.84. The minimum absolute atomic E-state index is 0.0804. The number of ether oxygens (including phenoxy) is 8. The van der Waals surface area contributed by atoms with Crippen LogP contribution in [0.5, 0.6) is 34.5 Å². The fraction of sp³-hybridized carbons (Fsp3) is 0.381. The minimum Gasteiger partial charge on any atom is -0.493 e. The summed E-state index contributed by atoms with van der Waals surface area (Å²) in [7, 11) is 0.350. The maximum atomic E-state index is 12.5. The molecule has 0 spiro atoms. The molecule has 0 aliphatic carbocycles. The summed E-state index contributed by atoms with van der Waals surface area (Å²) < 4.78 is 68.3. The predicted molar refractivity (Wildman–Crippen MR) is 220 cm³/mol. The lowest BCUT2D eigenvalue weighted by Gasteiger charge is -2.17. The van der Waals surface area contributed by atoms with Gasteiger partial charge in [-0.25, -0.2) is 9.59 Å². The number of carbonyl (C=O) groups excluding carboxylic acids is 2. The molecule has 4 rings (SSSR count). The smallest absolute Gasteiger partial charge is 0.420 e. The standard InChI is InChI=1S/C42H52N2O12S2/c1-29(43-19-21-51-35-13-9-7-11-33(35)49-3)23-31-15-17-37(39(25-31)57(5)47)53-27-55-41(45)42(46)56-28-54-38-18-16-32(26-40(38)58(6)48)24-30(2)44-20-22-52-36-14-10-8-12-34(36)50-4/h7-18,25-26,29-30,43-44H,19-24,27-28H2,1-6H3. The second-order valence-electron chi connectivity index (χ2n) is 13.0. The monoisotopic (exact) mass is 840 g/mol. The molecule has 0 aliphatic heterocycles. The summed E-state index contributed by atoms with van der Waals surface area (Å²) in [5.74, 6) is 0.548. The van der Waals surface area contributed by atoms with Crippen LogP contribution in [0, 0.1) is 0 Å². The fourth-order valence-electron chi connectivity index (χ4n) is 5.72. The fourth-order valence-corrected chi connectivity index (χ4v) is 7.17. The molecule has 0 heterocycles. The topological polar surface area (TPSA) is 166 Å².